The highest BCUT2D eigenvalue weighted by molar-refractivity contribution is 7.14. The third-order valence-electron chi connectivity index (χ3n) is 3.36. The molecule has 1 atom stereocenters. The summed E-state index contributed by atoms with van der Waals surface area (Å²) in [5, 5.41) is 4.83. The summed E-state index contributed by atoms with van der Waals surface area (Å²) in [6, 6.07) is 1.58. The number of carbonyl (C=O) groups excluding carboxylic acids is 3. The van der Waals surface area contributed by atoms with Crippen LogP contribution in [0, 0.1) is 5.92 Å². The Kier molecular flexibility index (Phi) is 4.92. The number of carbonyl (C=O) groups is 3. The van der Waals surface area contributed by atoms with Crippen molar-refractivity contribution in [2.45, 2.75) is 6.42 Å². The van der Waals surface area contributed by atoms with E-state index in [1.54, 1.807) is 11.4 Å². The highest BCUT2D eigenvalue weighted by atomic mass is 32.1. The summed E-state index contributed by atoms with van der Waals surface area (Å²) in [5.74, 6) is -1.22. The molecular formula is C13H17N3O4S. The summed E-state index contributed by atoms with van der Waals surface area (Å²) in [7, 11) is 1.36. The monoisotopic (exact) mass is 311 g/mol. The second kappa shape index (κ2) is 6.68. The standard InChI is InChI=1S/C13H17N3O4S/c1-20-13(19)8-2-4-16(6-8)7-10(17)15-12-9(11(14)18)3-5-21-12/h3,5,8H,2,4,6-7H2,1H3,(H2,14,18)(H,15,17). The lowest BCUT2D eigenvalue weighted by molar-refractivity contribution is -0.145. The maximum absolute atomic E-state index is 12.0. The van der Waals surface area contributed by atoms with Gasteiger partial charge < -0.3 is 15.8 Å². The van der Waals surface area contributed by atoms with Gasteiger partial charge in [0, 0.05) is 6.54 Å². The minimum Gasteiger partial charge on any atom is -0.469 e. The molecular weight excluding hydrogens is 294 g/mol. The molecule has 2 rings (SSSR count). The fourth-order valence-corrected chi connectivity index (χ4v) is 3.11. The number of hydrogen-bond acceptors (Lipinski definition) is 6. The highest BCUT2D eigenvalue weighted by Crippen LogP contribution is 2.23. The van der Waals surface area contributed by atoms with Crippen molar-refractivity contribution in [2.75, 3.05) is 32.1 Å². The fraction of sp³-hybridized carbons (Fsp3) is 0.462. The quantitative estimate of drug-likeness (QED) is 0.761. The van der Waals surface area contributed by atoms with E-state index in [1.807, 2.05) is 4.90 Å². The smallest absolute Gasteiger partial charge is 0.310 e. The van der Waals surface area contributed by atoms with Gasteiger partial charge in [0.2, 0.25) is 5.91 Å². The number of thiophene rings is 1. The number of nitrogens with two attached hydrogens (primary N) is 1. The van der Waals surface area contributed by atoms with Crippen LogP contribution >= 0.6 is 11.3 Å². The van der Waals surface area contributed by atoms with E-state index in [0.29, 0.717) is 30.1 Å². The maximum atomic E-state index is 12.0. The number of hydrogen-bond donors (Lipinski definition) is 2. The maximum Gasteiger partial charge on any atom is 0.310 e. The van der Waals surface area contributed by atoms with Crippen molar-refractivity contribution >= 4 is 34.1 Å². The largest absolute Gasteiger partial charge is 0.469 e. The summed E-state index contributed by atoms with van der Waals surface area (Å²) >= 11 is 1.25. The molecule has 0 aromatic carbocycles. The minimum atomic E-state index is -0.571. The molecule has 1 aliphatic rings. The van der Waals surface area contributed by atoms with E-state index in [9.17, 15) is 14.4 Å². The first-order valence-electron chi connectivity index (χ1n) is 6.48. The van der Waals surface area contributed by atoms with Crippen molar-refractivity contribution in [2.24, 2.45) is 11.7 Å². The molecule has 1 unspecified atom stereocenters. The zero-order valence-corrected chi connectivity index (χ0v) is 12.4. The number of nitrogens with one attached hydrogen (secondary N) is 1. The lowest BCUT2D eigenvalue weighted by Crippen LogP contribution is -2.32. The molecule has 1 aromatic heterocycles. The Labute approximate surface area is 126 Å². The molecule has 0 bridgehead atoms. The summed E-state index contributed by atoms with van der Waals surface area (Å²) < 4.78 is 4.70. The van der Waals surface area contributed by atoms with Gasteiger partial charge in [-0.3, -0.25) is 19.3 Å². The van der Waals surface area contributed by atoms with Gasteiger partial charge in [0.15, 0.2) is 0 Å². The highest BCUT2D eigenvalue weighted by Gasteiger charge is 2.30. The normalized spacial score (nSPS) is 18.4. The number of nitrogens with zero attached hydrogens (tertiary/aromatic N) is 1. The number of anilines is 1. The van der Waals surface area contributed by atoms with E-state index in [1.165, 1.54) is 18.4 Å². The SMILES string of the molecule is COC(=O)C1CCN(CC(=O)Nc2sccc2C(N)=O)C1. The van der Waals surface area contributed by atoms with Crippen molar-refractivity contribution in [1.82, 2.24) is 4.90 Å². The van der Waals surface area contributed by atoms with E-state index in [0.717, 1.165) is 0 Å². The van der Waals surface area contributed by atoms with Crippen molar-refractivity contribution in [3.63, 3.8) is 0 Å². The van der Waals surface area contributed by atoms with E-state index in [2.05, 4.69) is 5.32 Å². The van der Waals surface area contributed by atoms with Gasteiger partial charge in [-0.2, -0.15) is 0 Å². The van der Waals surface area contributed by atoms with Crippen LogP contribution in [0.2, 0.25) is 0 Å². The molecule has 114 valence electrons. The Hall–Kier alpha value is -1.93. The average molecular weight is 311 g/mol. The van der Waals surface area contributed by atoms with Gasteiger partial charge in [-0.05, 0) is 24.4 Å². The molecule has 1 fully saturated rings. The topological polar surface area (TPSA) is 102 Å². The van der Waals surface area contributed by atoms with Gasteiger partial charge in [-0.1, -0.05) is 0 Å². The van der Waals surface area contributed by atoms with E-state index in [4.69, 9.17) is 10.5 Å². The predicted molar refractivity (Wildman–Crippen MR) is 78.0 cm³/mol. The second-order valence-corrected chi connectivity index (χ2v) is 5.74. The van der Waals surface area contributed by atoms with Crippen LogP contribution in [0.15, 0.2) is 11.4 Å². The van der Waals surface area contributed by atoms with Crippen LogP contribution in [0.25, 0.3) is 0 Å². The zero-order chi connectivity index (χ0) is 15.4. The van der Waals surface area contributed by atoms with Crippen molar-refractivity contribution < 1.29 is 19.1 Å². The number of rotatable bonds is 5. The number of primary amides is 1. The molecule has 8 heteroatoms. The Bertz CT molecular complexity index is 557. The number of ether oxygens (including phenoxy) is 1. The lowest BCUT2D eigenvalue weighted by atomic mass is 10.1. The van der Waals surface area contributed by atoms with Gasteiger partial charge in [-0.15, -0.1) is 11.3 Å². The zero-order valence-electron chi connectivity index (χ0n) is 11.6. The third-order valence-corrected chi connectivity index (χ3v) is 4.19. The molecule has 0 radical (unpaired) electrons. The van der Waals surface area contributed by atoms with Crippen LogP contribution in [0.1, 0.15) is 16.8 Å². The number of methoxy groups -OCH3 is 1. The van der Waals surface area contributed by atoms with Crippen LogP contribution in [0.5, 0.6) is 0 Å². The van der Waals surface area contributed by atoms with Crippen LogP contribution in [0.4, 0.5) is 5.00 Å². The van der Waals surface area contributed by atoms with Crippen LogP contribution in [-0.2, 0) is 14.3 Å². The molecule has 1 aliphatic heterocycles. The van der Waals surface area contributed by atoms with Crippen LogP contribution in [0.3, 0.4) is 0 Å². The molecule has 0 saturated carbocycles. The van der Waals surface area contributed by atoms with Gasteiger partial charge in [0.05, 0.1) is 25.1 Å². The van der Waals surface area contributed by atoms with Crippen LogP contribution in [-0.4, -0.2) is 49.4 Å². The number of esters is 1. The molecule has 2 amide bonds. The van der Waals surface area contributed by atoms with E-state index < -0.39 is 5.91 Å². The van der Waals surface area contributed by atoms with Crippen molar-refractivity contribution in [1.29, 1.82) is 0 Å². The molecule has 1 aromatic rings. The summed E-state index contributed by atoms with van der Waals surface area (Å²) in [5.41, 5.74) is 5.53. The molecule has 0 spiro atoms. The Morgan fingerprint density at radius 3 is 2.95 bits per heavy atom. The van der Waals surface area contributed by atoms with Crippen molar-refractivity contribution in [3.05, 3.63) is 17.0 Å². The molecule has 0 aliphatic carbocycles. The summed E-state index contributed by atoms with van der Waals surface area (Å²) in [6.07, 6.45) is 0.686. The van der Waals surface area contributed by atoms with Crippen LogP contribution < -0.4 is 11.1 Å². The van der Waals surface area contributed by atoms with Gasteiger partial charge in [0.25, 0.3) is 5.91 Å². The molecule has 1 saturated heterocycles. The Morgan fingerprint density at radius 1 is 1.52 bits per heavy atom. The van der Waals surface area contributed by atoms with Gasteiger partial charge in [0.1, 0.15) is 5.00 Å². The summed E-state index contributed by atoms with van der Waals surface area (Å²) in [6.45, 7) is 1.34. The van der Waals surface area contributed by atoms with E-state index >= 15 is 0 Å². The second-order valence-electron chi connectivity index (χ2n) is 4.82. The first-order valence-corrected chi connectivity index (χ1v) is 7.36. The minimum absolute atomic E-state index is 0.170. The van der Waals surface area contributed by atoms with Gasteiger partial charge >= 0.3 is 5.97 Å². The average Bonchev–Trinajstić information content (AvgIpc) is 3.07. The first-order chi connectivity index (χ1) is 10.0. The third kappa shape index (κ3) is 3.79. The fourth-order valence-electron chi connectivity index (χ4n) is 2.30. The van der Waals surface area contributed by atoms with Gasteiger partial charge in [-0.25, -0.2) is 0 Å². The summed E-state index contributed by atoms with van der Waals surface area (Å²) in [4.78, 5) is 36.5. The Morgan fingerprint density at radius 2 is 2.29 bits per heavy atom. The lowest BCUT2D eigenvalue weighted by Gasteiger charge is -2.14. The molecule has 2 heterocycles. The van der Waals surface area contributed by atoms with Crippen molar-refractivity contribution in [3.8, 4) is 0 Å². The first kappa shape index (κ1) is 15.5. The number of amides is 2. The molecule has 3 N–H and O–H groups in total. The Balaban J connectivity index is 1.87. The van der Waals surface area contributed by atoms with E-state index in [-0.39, 0.29) is 24.3 Å². The number of likely N-dealkylation sites (tertiary alicyclic amines) is 1. The molecule has 21 heavy (non-hydrogen) atoms. The molecule has 7 nitrogen and oxygen atoms in total. The predicted octanol–water partition coefficient (Wildman–Crippen LogP) is 0.280.